The number of nitrogens with two attached hydrogens (primary N) is 2. The number of nitrogens with one attached hydrogen (secondary N) is 1. The van der Waals surface area contributed by atoms with E-state index in [1.807, 2.05) is 24.4 Å². The van der Waals surface area contributed by atoms with E-state index in [0.29, 0.717) is 22.9 Å². The smallest absolute Gasteiger partial charge is 0.273 e. The number of nitrogens with zero attached hydrogens (tertiary/aromatic N) is 2. The molecule has 1 unspecified atom stereocenters. The van der Waals surface area contributed by atoms with Crippen LogP contribution in [0.5, 0.6) is 5.75 Å². The van der Waals surface area contributed by atoms with Gasteiger partial charge in [0, 0.05) is 16.6 Å². The highest BCUT2D eigenvalue weighted by Crippen LogP contribution is 2.35. The third kappa shape index (κ3) is 5.30. The largest absolute Gasteiger partial charge is 0.494 e. The molecule has 0 spiro atoms. The molecular weight excluding hydrogens is 486 g/mol. The predicted molar refractivity (Wildman–Crippen MR) is 137 cm³/mol. The van der Waals surface area contributed by atoms with Crippen LogP contribution in [0.4, 0.5) is 11.4 Å². The Morgan fingerprint density at radius 2 is 1.91 bits per heavy atom. The first-order valence-corrected chi connectivity index (χ1v) is 13.0. The van der Waals surface area contributed by atoms with Crippen molar-refractivity contribution in [2.75, 3.05) is 17.2 Å². The molecule has 0 bridgehead atoms. The monoisotopic (exact) mass is 513 g/mol. The Balaban J connectivity index is 1.79. The van der Waals surface area contributed by atoms with Gasteiger partial charge in [-0.15, -0.1) is 11.3 Å². The fourth-order valence-electron chi connectivity index (χ4n) is 4.16. The van der Waals surface area contributed by atoms with Crippen LogP contribution in [0.1, 0.15) is 63.7 Å². The molecular formula is C24H27N5O4S2. The molecule has 184 valence electrons. The molecule has 0 aliphatic heterocycles. The van der Waals surface area contributed by atoms with Gasteiger partial charge in [0.15, 0.2) is 11.7 Å². The molecule has 1 aliphatic carbocycles. The summed E-state index contributed by atoms with van der Waals surface area (Å²) in [6.07, 6.45) is 3.93. The number of hydrogen-bond acceptors (Lipinski definition) is 8. The van der Waals surface area contributed by atoms with Gasteiger partial charge < -0.3 is 21.5 Å². The normalized spacial score (nSPS) is 14.4. The van der Waals surface area contributed by atoms with Crippen LogP contribution in [0.25, 0.3) is 0 Å². The van der Waals surface area contributed by atoms with Crippen molar-refractivity contribution in [3.05, 3.63) is 57.2 Å². The van der Waals surface area contributed by atoms with Crippen LogP contribution in [0.15, 0.2) is 41.8 Å². The molecule has 0 saturated heterocycles. The number of nitrogen functional groups attached to an aromatic ring is 1. The third-order valence-electron chi connectivity index (χ3n) is 5.82. The van der Waals surface area contributed by atoms with Crippen LogP contribution < -0.4 is 26.4 Å². The van der Waals surface area contributed by atoms with E-state index in [0.717, 1.165) is 37.2 Å². The van der Waals surface area contributed by atoms with Gasteiger partial charge in [-0.2, -0.15) is 4.37 Å². The van der Waals surface area contributed by atoms with E-state index in [9.17, 15) is 14.4 Å². The first-order chi connectivity index (χ1) is 16.9. The summed E-state index contributed by atoms with van der Waals surface area (Å²) in [5.74, 6) is -1.00. The molecule has 2 heterocycles. The Morgan fingerprint density at radius 3 is 2.49 bits per heavy atom. The van der Waals surface area contributed by atoms with Gasteiger partial charge in [-0.1, -0.05) is 18.9 Å². The molecule has 2 aromatic heterocycles. The van der Waals surface area contributed by atoms with Crippen LogP contribution >= 0.6 is 22.9 Å². The van der Waals surface area contributed by atoms with Crippen LogP contribution in [-0.4, -0.2) is 34.7 Å². The molecule has 0 radical (unpaired) electrons. The van der Waals surface area contributed by atoms with E-state index in [2.05, 4.69) is 9.69 Å². The molecule has 3 amide bonds. The number of carbonyl (C=O) groups is 3. The van der Waals surface area contributed by atoms with Crippen molar-refractivity contribution in [1.29, 1.82) is 0 Å². The number of hydrogen-bond donors (Lipinski definition) is 3. The summed E-state index contributed by atoms with van der Waals surface area (Å²) in [6, 6.07) is 9.70. The lowest BCUT2D eigenvalue weighted by Gasteiger charge is -2.31. The average Bonchev–Trinajstić information content (AvgIpc) is 3.60. The lowest BCUT2D eigenvalue weighted by molar-refractivity contribution is -0.123. The number of amides is 3. The Labute approximate surface area is 211 Å². The fraction of sp³-hybridized carbons (Fsp3) is 0.333. The van der Waals surface area contributed by atoms with Crippen LogP contribution in [0.3, 0.4) is 0 Å². The molecule has 1 aromatic carbocycles. The Morgan fingerprint density at radius 1 is 1.20 bits per heavy atom. The van der Waals surface area contributed by atoms with Crippen molar-refractivity contribution in [2.45, 2.75) is 44.7 Å². The van der Waals surface area contributed by atoms with Gasteiger partial charge in [0.05, 0.1) is 12.3 Å². The van der Waals surface area contributed by atoms with E-state index in [-0.39, 0.29) is 28.2 Å². The highest BCUT2D eigenvalue weighted by Gasteiger charge is 2.37. The number of carbonyl (C=O) groups excluding carboxylic acids is 3. The molecule has 1 atom stereocenters. The third-order valence-corrected chi connectivity index (χ3v) is 7.60. The Bertz CT molecular complexity index is 1190. The molecule has 1 aliphatic rings. The zero-order valence-electron chi connectivity index (χ0n) is 19.2. The second-order valence-electron chi connectivity index (χ2n) is 8.15. The van der Waals surface area contributed by atoms with Crippen molar-refractivity contribution >= 4 is 52.0 Å². The van der Waals surface area contributed by atoms with Gasteiger partial charge in [-0.25, -0.2) is 0 Å². The van der Waals surface area contributed by atoms with Gasteiger partial charge >= 0.3 is 0 Å². The minimum Gasteiger partial charge on any atom is -0.494 e. The highest BCUT2D eigenvalue weighted by molar-refractivity contribution is 7.10. The maximum Gasteiger partial charge on any atom is 0.273 e. The molecule has 11 heteroatoms. The Hall–Kier alpha value is -3.44. The minimum atomic E-state index is -0.945. The first kappa shape index (κ1) is 24.7. The highest BCUT2D eigenvalue weighted by atomic mass is 32.1. The zero-order valence-corrected chi connectivity index (χ0v) is 20.9. The van der Waals surface area contributed by atoms with Crippen molar-refractivity contribution in [2.24, 2.45) is 5.73 Å². The minimum absolute atomic E-state index is 0.0444. The number of benzene rings is 1. The summed E-state index contributed by atoms with van der Waals surface area (Å²) < 4.78 is 9.52. The summed E-state index contributed by atoms with van der Waals surface area (Å²) in [6.45, 7) is 2.38. The lowest BCUT2D eigenvalue weighted by Crippen LogP contribution is -2.46. The van der Waals surface area contributed by atoms with Crippen molar-refractivity contribution in [3.63, 3.8) is 0 Å². The van der Waals surface area contributed by atoms with Crippen molar-refractivity contribution in [1.82, 2.24) is 9.69 Å². The number of aromatic nitrogens is 1. The molecule has 35 heavy (non-hydrogen) atoms. The number of primary amides is 1. The quantitative estimate of drug-likeness (QED) is 0.398. The molecule has 5 N–H and O–H groups in total. The van der Waals surface area contributed by atoms with Crippen LogP contribution in [0.2, 0.25) is 0 Å². The lowest BCUT2D eigenvalue weighted by atomic mass is 10.1. The zero-order chi connectivity index (χ0) is 24.9. The summed E-state index contributed by atoms with van der Waals surface area (Å²) >= 11 is 2.17. The molecule has 4 rings (SSSR count). The predicted octanol–water partition coefficient (Wildman–Crippen LogP) is 3.73. The molecule has 1 saturated carbocycles. The van der Waals surface area contributed by atoms with Gasteiger partial charge in [0.25, 0.3) is 11.8 Å². The summed E-state index contributed by atoms with van der Waals surface area (Å²) in [7, 11) is 0. The summed E-state index contributed by atoms with van der Waals surface area (Å²) in [4.78, 5) is 41.5. The maximum atomic E-state index is 13.9. The second kappa shape index (κ2) is 10.9. The number of anilines is 2. The Kier molecular flexibility index (Phi) is 7.67. The fourth-order valence-corrected chi connectivity index (χ4v) is 5.72. The van der Waals surface area contributed by atoms with E-state index in [4.69, 9.17) is 16.2 Å². The van der Waals surface area contributed by atoms with Crippen LogP contribution in [-0.2, 0) is 4.79 Å². The van der Waals surface area contributed by atoms with E-state index < -0.39 is 17.9 Å². The summed E-state index contributed by atoms with van der Waals surface area (Å²) in [5.41, 5.74) is 11.7. The van der Waals surface area contributed by atoms with Gasteiger partial charge in [0.1, 0.15) is 10.6 Å². The molecule has 9 nitrogen and oxygen atoms in total. The number of ether oxygens (including phenoxy) is 1. The van der Waals surface area contributed by atoms with Crippen molar-refractivity contribution in [3.8, 4) is 5.75 Å². The summed E-state index contributed by atoms with van der Waals surface area (Å²) in [5, 5.41) is 4.98. The van der Waals surface area contributed by atoms with Gasteiger partial charge in [0.2, 0.25) is 5.91 Å². The van der Waals surface area contributed by atoms with Crippen molar-refractivity contribution < 1.29 is 19.1 Å². The second-order valence-corrected chi connectivity index (χ2v) is 9.90. The SMILES string of the molecule is CCOc1ccc(N(C(=O)c2snc(C(N)=O)c2N)C(C(=O)NC2CCCC2)c2cccs2)cc1. The average molecular weight is 514 g/mol. The molecule has 1 fully saturated rings. The standard InChI is InChI=1S/C24H27N5O4S2/c1-2-33-16-11-9-15(10-12-16)29(24(32)21-18(25)19(22(26)30)28-35-21)20(17-8-5-13-34-17)23(31)27-14-6-3-4-7-14/h5,8-14,20H,2-4,6-7,25H2,1H3,(H2,26,30)(H,27,31). The topological polar surface area (TPSA) is 141 Å². The maximum absolute atomic E-state index is 13.9. The van der Waals surface area contributed by atoms with Crippen LogP contribution in [0, 0.1) is 0 Å². The van der Waals surface area contributed by atoms with Gasteiger partial charge in [-0.3, -0.25) is 19.3 Å². The molecule has 3 aromatic rings. The number of thiophene rings is 1. The van der Waals surface area contributed by atoms with E-state index in [1.54, 1.807) is 24.3 Å². The number of rotatable bonds is 9. The first-order valence-electron chi connectivity index (χ1n) is 11.4. The van der Waals surface area contributed by atoms with Gasteiger partial charge in [-0.05, 0) is 67.0 Å². The van der Waals surface area contributed by atoms with E-state index in [1.165, 1.54) is 16.2 Å². The van der Waals surface area contributed by atoms with E-state index >= 15 is 0 Å².